The molecule has 0 saturated heterocycles. The van der Waals surface area contributed by atoms with Crippen LogP contribution in [0.15, 0.2) is 48.5 Å². The van der Waals surface area contributed by atoms with Crippen molar-refractivity contribution in [2.45, 2.75) is 0 Å². The van der Waals surface area contributed by atoms with Gasteiger partial charge in [0.2, 0.25) is 0 Å². The molecule has 0 saturated carbocycles. The average molecular weight is 602 g/mol. The van der Waals surface area contributed by atoms with Crippen molar-refractivity contribution in [1.29, 1.82) is 0 Å². The topological polar surface area (TPSA) is 36.9 Å². The maximum absolute atomic E-state index is 5.83. The first-order valence-electron chi connectivity index (χ1n) is 8.47. The van der Waals surface area contributed by atoms with Gasteiger partial charge in [0.15, 0.2) is 23.0 Å². The second-order valence-electron chi connectivity index (χ2n) is 5.90. The Morgan fingerprint density at radius 1 is 0.536 bits per heavy atom. The molecular weight excluding hydrogens is 582 g/mol. The van der Waals surface area contributed by atoms with E-state index in [0.717, 1.165) is 29.4 Å². The van der Waals surface area contributed by atoms with Gasteiger partial charge < -0.3 is 18.9 Å². The lowest BCUT2D eigenvalue weighted by molar-refractivity contribution is 0.333. The molecule has 0 aliphatic heterocycles. The summed E-state index contributed by atoms with van der Waals surface area (Å²) in [6, 6.07) is 16.3. The van der Waals surface area contributed by atoms with Gasteiger partial charge in [-0.15, -0.1) is 0 Å². The van der Waals surface area contributed by atoms with Crippen molar-refractivity contribution in [3.63, 3.8) is 0 Å². The van der Waals surface area contributed by atoms with E-state index in [-0.39, 0.29) is 0 Å². The summed E-state index contributed by atoms with van der Waals surface area (Å²) in [5, 5.41) is 0. The van der Waals surface area contributed by atoms with Gasteiger partial charge in [-0.1, -0.05) is 24.3 Å². The summed E-state index contributed by atoms with van der Waals surface area (Å²) in [5.41, 5.74) is 3.52. The molecule has 0 unspecified atom stereocenters. The van der Waals surface area contributed by atoms with Crippen LogP contribution < -0.4 is 18.9 Å². The number of ether oxygens (including phenoxy) is 4. The van der Waals surface area contributed by atoms with Crippen molar-refractivity contribution in [2.24, 2.45) is 0 Å². The van der Waals surface area contributed by atoms with Gasteiger partial charge in [-0.05, 0) is 80.6 Å². The Morgan fingerprint density at radius 3 is 1.11 bits per heavy atom. The van der Waals surface area contributed by atoms with Crippen molar-refractivity contribution in [2.75, 3.05) is 28.4 Å². The molecule has 0 aliphatic rings. The molecule has 0 N–H and O–H groups in total. The molecule has 28 heavy (non-hydrogen) atoms. The van der Waals surface area contributed by atoms with E-state index in [1.807, 2.05) is 36.4 Å². The molecule has 0 heterocycles. The number of benzene rings is 3. The van der Waals surface area contributed by atoms with E-state index in [1.54, 1.807) is 28.4 Å². The maximum Gasteiger partial charge on any atom is 0.173 e. The Bertz CT molecular complexity index is 888. The van der Waals surface area contributed by atoms with Gasteiger partial charge in [0.1, 0.15) is 0 Å². The van der Waals surface area contributed by atoms with Crippen LogP contribution in [0.3, 0.4) is 0 Å². The summed E-state index contributed by atoms with van der Waals surface area (Å²) in [6.45, 7) is 0. The number of rotatable bonds is 6. The highest BCUT2D eigenvalue weighted by Crippen LogP contribution is 2.56. The van der Waals surface area contributed by atoms with Crippen LogP contribution in [0, 0.1) is 7.14 Å². The van der Waals surface area contributed by atoms with Gasteiger partial charge in [0, 0.05) is 7.14 Å². The number of methoxy groups -OCH3 is 4. The van der Waals surface area contributed by atoms with Crippen molar-refractivity contribution in [3.8, 4) is 45.3 Å². The average Bonchev–Trinajstić information content (AvgIpc) is 2.71. The molecule has 6 heteroatoms. The molecule has 0 aromatic heterocycles. The fourth-order valence-electron chi connectivity index (χ4n) is 3.25. The predicted octanol–water partition coefficient (Wildman–Crippen LogP) is 6.26. The molecule has 3 aromatic rings. The highest BCUT2D eigenvalue weighted by Gasteiger charge is 2.29. The Balaban J connectivity index is 2.47. The SMILES string of the molecule is COc1c(OC)c(-c2cccc(I)c2)c(OC)c(OC)c1-c1cccc(I)c1. The zero-order chi connectivity index (χ0) is 20.3. The zero-order valence-electron chi connectivity index (χ0n) is 16.0. The lowest BCUT2D eigenvalue weighted by atomic mass is 9.95. The van der Waals surface area contributed by atoms with Crippen LogP contribution in [0.25, 0.3) is 22.3 Å². The summed E-state index contributed by atoms with van der Waals surface area (Å²) >= 11 is 4.58. The normalized spacial score (nSPS) is 10.5. The van der Waals surface area contributed by atoms with Gasteiger partial charge in [-0.25, -0.2) is 0 Å². The van der Waals surface area contributed by atoms with Crippen molar-refractivity contribution in [3.05, 3.63) is 55.7 Å². The molecule has 0 aliphatic carbocycles. The summed E-state index contributed by atoms with van der Waals surface area (Å²) in [7, 11) is 6.55. The van der Waals surface area contributed by atoms with Crippen LogP contribution in [0.4, 0.5) is 0 Å². The minimum Gasteiger partial charge on any atom is -0.492 e. The van der Waals surface area contributed by atoms with E-state index >= 15 is 0 Å². The third-order valence-corrected chi connectivity index (χ3v) is 5.71. The molecule has 0 amide bonds. The fourth-order valence-corrected chi connectivity index (χ4v) is 4.34. The van der Waals surface area contributed by atoms with Gasteiger partial charge >= 0.3 is 0 Å². The van der Waals surface area contributed by atoms with Crippen LogP contribution in [-0.4, -0.2) is 28.4 Å². The molecule has 3 rings (SSSR count). The summed E-state index contributed by atoms with van der Waals surface area (Å²) in [4.78, 5) is 0. The van der Waals surface area contributed by atoms with Crippen molar-refractivity contribution >= 4 is 45.2 Å². The van der Waals surface area contributed by atoms with Crippen LogP contribution >= 0.6 is 45.2 Å². The summed E-state index contributed by atoms with van der Waals surface area (Å²) in [6.07, 6.45) is 0. The Labute approximate surface area is 192 Å². The second kappa shape index (κ2) is 9.21. The molecule has 0 radical (unpaired) electrons. The predicted molar refractivity (Wildman–Crippen MR) is 129 cm³/mol. The van der Waals surface area contributed by atoms with Crippen LogP contribution in [-0.2, 0) is 0 Å². The van der Waals surface area contributed by atoms with Crippen LogP contribution in [0.5, 0.6) is 23.0 Å². The van der Waals surface area contributed by atoms with Gasteiger partial charge in [-0.3, -0.25) is 0 Å². The molecule has 0 atom stereocenters. The van der Waals surface area contributed by atoms with Crippen molar-refractivity contribution in [1.82, 2.24) is 0 Å². The highest BCUT2D eigenvalue weighted by atomic mass is 127. The van der Waals surface area contributed by atoms with Gasteiger partial charge in [0.25, 0.3) is 0 Å². The van der Waals surface area contributed by atoms with E-state index in [1.165, 1.54) is 0 Å². The Kier molecular flexibility index (Phi) is 6.92. The standard InChI is InChI=1S/C22H20I2O4/c1-25-19-17(13-7-5-9-15(23)11-13)21(27-3)22(28-4)18(20(19)26-2)14-8-6-10-16(24)12-14/h5-12H,1-4H3. The number of hydrogen-bond acceptors (Lipinski definition) is 4. The quantitative estimate of drug-likeness (QED) is 0.312. The van der Waals surface area contributed by atoms with Gasteiger partial charge in [0.05, 0.1) is 39.6 Å². The third-order valence-electron chi connectivity index (χ3n) is 4.36. The number of hydrogen-bond donors (Lipinski definition) is 0. The molecule has 0 spiro atoms. The molecule has 4 nitrogen and oxygen atoms in total. The summed E-state index contributed by atoms with van der Waals surface area (Å²) < 4.78 is 25.5. The second-order valence-corrected chi connectivity index (χ2v) is 8.39. The van der Waals surface area contributed by atoms with Crippen LogP contribution in [0.1, 0.15) is 0 Å². The van der Waals surface area contributed by atoms with Crippen molar-refractivity contribution < 1.29 is 18.9 Å². The number of halogens is 2. The molecule has 146 valence electrons. The fraction of sp³-hybridized carbons (Fsp3) is 0.182. The van der Waals surface area contributed by atoms with E-state index in [4.69, 9.17) is 18.9 Å². The van der Waals surface area contributed by atoms with Gasteiger partial charge in [-0.2, -0.15) is 0 Å². The smallest absolute Gasteiger partial charge is 0.173 e. The summed E-state index contributed by atoms with van der Waals surface area (Å²) in [5.74, 6) is 2.43. The zero-order valence-corrected chi connectivity index (χ0v) is 20.3. The van der Waals surface area contributed by atoms with E-state index in [0.29, 0.717) is 23.0 Å². The molecule has 0 fully saturated rings. The monoisotopic (exact) mass is 602 g/mol. The lowest BCUT2D eigenvalue weighted by Crippen LogP contribution is -2.03. The highest BCUT2D eigenvalue weighted by molar-refractivity contribution is 14.1. The van der Waals surface area contributed by atoms with E-state index < -0.39 is 0 Å². The maximum atomic E-state index is 5.83. The largest absolute Gasteiger partial charge is 0.492 e. The Hall–Kier alpha value is -1.68. The molecule has 0 bridgehead atoms. The first-order valence-corrected chi connectivity index (χ1v) is 10.6. The first kappa shape index (κ1) is 21.0. The third kappa shape index (κ3) is 3.89. The molecule has 3 aromatic carbocycles. The molecular formula is C22H20I2O4. The lowest BCUT2D eigenvalue weighted by Gasteiger charge is -2.23. The van der Waals surface area contributed by atoms with Crippen LogP contribution in [0.2, 0.25) is 0 Å². The van der Waals surface area contributed by atoms with E-state index in [9.17, 15) is 0 Å². The van der Waals surface area contributed by atoms with E-state index in [2.05, 4.69) is 57.3 Å². The minimum atomic E-state index is 0.607. The first-order chi connectivity index (χ1) is 13.5. The minimum absolute atomic E-state index is 0.607. The Morgan fingerprint density at radius 2 is 0.857 bits per heavy atom.